The normalized spacial score (nSPS) is 14.4. The Hall–Kier alpha value is -1.91. The van der Waals surface area contributed by atoms with Gasteiger partial charge in [0.1, 0.15) is 5.75 Å². The van der Waals surface area contributed by atoms with E-state index in [4.69, 9.17) is 27.9 Å². The number of methoxy groups -OCH3 is 1. The summed E-state index contributed by atoms with van der Waals surface area (Å²) in [5.41, 5.74) is 2.03. The minimum absolute atomic E-state index is 0.163. The molecule has 2 aromatic rings. The van der Waals surface area contributed by atoms with E-state index >= 15 is 0 Å². The molecule has 4 nitrogen and oxygen atoms in total. The molecular formula is C20H22Cl2N2O2. The average molecular weight is 393 g/mol. The topological polar surface area (TPSA) is 32.8 Å². The van der Waals surface area contributed by atoms with Crippen molar-refractivity contribution in [1.82, 2.24) is 4.90 Å². The van der Waals surface area contributed by atoms with Crippen molar-refractivity contribution in [3.05, 3.63) is 58.1 Å². The highest BCUT2D eigenvalue weighted by molar-refractivity contribution is 6.35. The van der Waals surface area contributed by atoms with Crippen molar-refractivity contribution in [2.45, 2.75) is 12.8 Å². The summed E-state index contributed by atoms with van der Waals surface area (Å²) in [6.45, 7) is 3.03. The predicted molar refractivity (Wildman–Crippen MR) is 107 cm³/mol. The van der Waals surface area contributed by atoms with E-state index in [1.807, 2.05) is 29.2 Å². The zero-order valence-electron chi connectivity index (χ0n) is 14.8. The Labute approximate surface area is 164 Å². The number of benzene rings is 2. The second-order valence-corrected chi connectivity index (χ2v) is 7.12. The van der Waals surface area contributed by atoms with E-state index < -0.39 is 0 Å². The minimum atomic E-state index is 0.163. The van der Waals surface area contributed by atoms with Gasteiger partial charge >= 0.3 is 0 Å². The highest BCUT2D eigenvalue weighted by Crippen LogP contribution is 2.28. The minimum Gasteiger partial charge on any atom is -0.495 e. The molecule has 0 aliphatic carbocycles. The van der Waals surface area contributed by atoms with Gasteiger partial charge in [-0.2, -0.15) is 0 Å². The number of nitrogens with zero attached hydrogens (tertiary/aromatic N) is 2. The smallest absolute Gasteiger partial charge is 0.223 e. The van der Waals surface area contributed by atoms with Crippen molar-refractivity contribution in [2.75, 3.05) is 38.2 Å². The number of halogens is 2. The van der Waals surface area contributed by atoms with Crippen LogP contribution in [0.3, 0.4) is 0 Å². The van der Waals surface area contributed by atoms with Crippen LogP contribution in [0.4, 0.5) is 5.69 Å². The summed E-state index contributed by atoms with van der Waals surface area (Å²) in [6, 6.07) is 13.4. The first-order valence-corrected chi connectivity index (χ1v) is 9.44. The third-order valence-electron chi connectivity index (χ3n) is 4.68. The SMILES string of the molecule is COc1ccccc1N1CCN(C(=O)CCc2ccc(Cl)cc2Cl)CC1. The van der Waals surface area contributed by atoms with Crippen LogP contribution in [-0.2, 0) is 11.2 Å². The van der Waals surface area contributed by atoms with Gasteiger partial charge in [0.25, 0.3) is 0 Å². The number of aryl methyl sites for hydroxylation is 1. The first-order chi connectivity index (χ1) is 12.6. The van der Waals surface area contributed by atoms with Crippen molar-refractivity contribution in [3.8, 4) is 5.75 Å². The van der Waals surface area contributed by atoms with Crippen molar-refractivity contribution in [3.63, 3.8) is 0 Å². The maximum absolute atomic E-state index is 12.5. The second-order valence-electron chi connectivity index (χ2n) is 6.28. The van der Waals surface area contributed by atoms with E-state index in [0.29, 0.717) is 36.0 Å². The Bertz CT molecular complexity index is 774. The largest absolute Gasteiger partial charge is 0.495 e. The summed E-state index contributed by atoms with van der Waals surface area (Å²) in [7, 11) is 1.68. The summed E-state index contributed by atoms with van der Waals surface area (Å²) in [6.07, 6.45) is 1.08. The van der Waals surface area contributed by atoms with Gasteiger partial charge in [0.15, 0.2) is 0 Å². The molecule has 1 saturated heterocycles. The predicted octanol–water partition coefficient (Wildman–Crippen LogP) is 4.28. The van der Waals surface area contributed by atoms with E-state index in [-0.39, 0.29) is 5.91 Å². The van der Waals surface area contributed by atoms with Crippen LogP contribution in [0.5, 0.6) is 5.75 Å². The quantitative estimate of drug-likeness (QED) is 0.760. The number of ether oxygens (including phenoxy) is 1. The number of carbonyl (C=O) groups excluding carboxylic acids is 1. The van der Waals surface area contributed by atoms with Crippen LogP contribution in [0.25, 0.3) is 0 Å². The molecule has 1 fully saturated rings. The van der Waals surface area contributed by atoms with Gasteiger partial charge < -0.3 is 14.5 Å². The van der Waals surface area contributed by atoms with Crippen molar-refractivity contribution >= 4 is 34.8 Å². The number of hydrogen-bond donors (Lipinski definition) is 0. The summed E-state index contributed by atoms with van der Waals surface area (Å²) >= 11 is 12.1. The number of carbonyl (C=O) groups is 1. The Morgan fingerprint density at radius 1 is 1.08 bits per heavy atom. The number of hydrogen-bond acceptors (Lipinski definition) is 3. The number of para-hydroxylation sites is 2. The molecule has 138 valence electrons. The van der Waals surface area contributed by atoms with E-state index in [0.717, 1.165) is 30.1 Å². The first kappa shape index (κ1) is 18.9. The lowest BCUT2D eigenvalue weighted by atomic mass is 10.1. The fourth-order valence-corrected chi connectivity index (χ4v) is 3.71. The van der Waals surface area contributed by atoms with Gasteiger partial charge in [-0.05, 0) is 36.2 Å². The monoisotopic (exact) mass is 392 g/mol. The summed E-state index contributed by atoms with van der Waals surface area (Å²) in [5.74, 6) is 1.03. The Morgan fingerprint density at radius 3 is 2.50 bits per heavy atom. The Morgan fingerprint density at radius 2 is 1.81 bits per heavy atom. The molecule has 1 amide bonds. The van der Waals surface area contributed by atoms with Gasteiger partial charge in [-0.15, -0.1) is 0 Å². The van der Waals surface area contributed by atoms with Crippen LogP contribution in [0, 0.1) is 0 Å². The fraction of sp³-hybridized carbons (Fsp3) is 0.350. The average Bonchev–Trinajstić information content (AvgIpc) is 2.67. The van der Waals surface area contributed by atoms with Crippen molar-refractivity contribution < 1.29 is 9.53 Å². The molecule has 1 aliphatic rings. The molecule has 0 unspecified atom stereocenters. The van der Waals surface area contributed by atoms with Crippen LogP contribution in [0.2, 0.25) is 10.0 Å². The van der Waals surface area contributed by atoms with Crippen molar-refractivity contribution in [1.29, 1.82) is 0 Å². The molecule has 3 rings (SSSR count). The number of rotatable bonds is 5. The van der Waals surface area contributed by atoms with E-state index in [2.05, 4.69) is 11.0 Å². The lowest BCUT2D eigenvalue weighted by molar-refractivity contribution is -0.131. The highest BCUT2D eigenvalue weighted by atomic mass is 35.5. The lowest BCUT2D eigenvalue weighted by Gasteiger charge is -2.36. The molecule has 0 N–H and O–H groups in total. The van der Waals surface area contributed by atoms with Crippen LogP contribution >= 0.6 is 23.2 Å². The lowest BCUT2D eigenvalue weighted by Crippen LogP contribution is -2.48. The Balaban J connectivity index is 1.53. The van der Waals surface area contributed by atoms with E-state index in [1.165, 1.54) is 0 Å². The van der Waals surface area contributed by atoms with Crippen LogP contribution < -0.4 is 9.64 Å². The standard InChI is InChI=1S/C20H22Cl2N2O2/c1-26-19-5-3-2-4-18(19)23-10-12-24(13-11-23)20(25)9-7-15-6-8-16(21)14-17(15)22/h2-6,8,14H,7,9-13H2,1H3. The number of anilines is 1. The van der Waals surface area contributed by atoms with E-state index in [1.54, 1.807) is 19.2 Å². The Kier molecular flexibility index (Phi) is 6.28. The van der Waals surface area contributed by atoms with Gasteiger partial charge in [-0.1, -0.05) is 41.4 Å². The molecule has 6 heteroatoms. The van der Waals surface area contributed by atoms with Gasteiger partial charge in [-0.3, -0.25) is 4.79 Å². The number of amides is 1. The molecule has 1 aliphatic heterocycles. The maximum Gasteiger partial charge on any atom is 0.223 e. The molecule has 0 spiro atoms. The zero-order valence-corrected chi connectivity index (χ0v) is 16.3. The molecule has 0 bridgehead atoms. The van der Waals surface area contributed by atoms with Gasteiger partial charge in [-0.25, -0.2) is 0 Å². The van der Waals surface area contributed by atoms with Crippen LogP contribution in [0.15, 0.2) is 42.5 Å². The van der Waals surface area contributed by atoms with Crippen molar-refractivity contribution in [2.24, 2.45) is 0 Å². The van der Waals surface area contributed by atoms with Crippen LogP contribution in [-0.4, -0.2) is 44.1 Å². The number of piperazine rings is 1. The third-order valence-corrected chi connectivity index (χ3v) is 5.27. The second kappa shape index (κ2) is 8.65. The van der Waals surface area contributed by atoms with Gasteiger partial charge in [0, 0.05) is 42.6 Å². The summed E-state index contributed by atoms with van der Waals surface area (Å²) in [5, 5.41) is 1.23. The van der Waals surface area contributed by atoms with E-state index in [9.17, 15) is 4.79 Å². The summed E-state index contributed by atoms with van der Waals surface area (Å²) < 4.78 is 5.44. The molecule has 2 aromatic carbocycles. The summed E-state index contributed by atoms with van der Waals surface area (Å²) in [4.78, 5) is 16.7. The fourth-order valence-electron chi connectivity index (χ4n) is 3.21. The van der Waals surface area contributed by atoms with Gasteiger partial charge in [0.2, 0.25) is 5.91 Å². The molecule has 0 radical (unpaired) electrons. The maximum atomic E-state index is 12.5. The van der Waals surface area contributed by atoms with Gasteiger partial charge in [0.05, 0.1) is 12.8 Å². The molecule has 0 atom stereocenters. The molecule has 0 aromatic heterocycles. The molecule has 26 heavy (non-hydrogen) atoms. The first-order valence-electron chi connectivity index (χ1n) is 8.68. The molecule has 0 saturated carbocycles. The zero-order chi connectivity index (χ0) is 18.5. The third kappa shape index (κ3) is 4.43. The molecule has 1 heterocycles. The highest BCUT2D eigenvalue weighted by Gasteiger charge is 2.22. The molecular weight excluding hydrogens is 371 g/mol. The van der Waals surface area contributed by atoms with Crippen LogP contribution in [0.1, 0.15) is 12.0 Å².